The van der Waals surface area contributed by atoms with E-state index in [1.54, 1.807) is 10.6 Å². The van der Waals surface area contributed by atoms with Crippen molar-refractivity contribution in [1.29, 1.82) is 0 Å². The van der Waals surface area contributed by atoms with Gasteiger partial charge < -0.3 is 4.40 Å². The van der Waals surface area contributed by atoms with Gasteiger partial charge in [0.25, 0.3) is 0 Å². The maximum absolute atomic E-state index is 2.45. The molecule has 92 valence electrons. The topological polar surface area (TPSA) is 4.41 Å². The van der Waals surface area contributed by atoms with E-state index in [-0.39, 0.29) is 0 Å². The molecule has 4 heterocycles. The van der Waals surface area contributed by atoms with Crippen LogP contribution in [0.1, 0.15) is 4.88 Å². The van der Waals surface area contributed by atoms with E-state index >= 15 is 0 Å². The fraction of sp³-hybridized carbons (Fsp3) is 0.286. The van der Waals surface area contributed by atoms with Crippen LogP contribution in [0.5, 0.6) is 0 Å². The molecule has 0 saturated carbocycles. The monoisotopic (exact) mass is 289 g/mol. The van der Waals surface area contributed by atoms with Crippen LogP contribution >= 0.6 is 22.7 Å². The molecular weight excluding hydrogens is 274 g/mol. The van der Waals surface area contributed by atoms with E-state index in [4.69, 9.17) is 0 Å². The highest BCUT2D eigenvalue weighted by molar-refractivity contribution is 7.23. The molecule has 0 radical (unpaired) electrons. The van der Waals surface area contributed by atoms with Crippen LogP contribution in [0.15, 0.2) is 17.6 Å². The van der Waals surface area contributed by atoms with Crippen LogP contribution < -0.4 is 5.19 Å². The minimum absolute atomic E-state index is 1.27. The number of aromatic nitrogens is 1. The Bertz CT molecular complexity index is 872. The van der Waals surface area contributed by atoms with Crippen molar-refractivity contribution in [3.8, 4) is 0 Å². The Balaban J connectivity index is 2.33. The molecule has 0 atom stereocenters. The molecule has 0 fully saturated rings. The predicted molar refractivity (Wildman–Crippen MR) is 87.1 cm³/mol. The van der Waals surface area contributed by atoms with Crippen molar-refractivity contribution in [2.24, 2.45) is 0 Å². The van der Waals surface area contributed by atoms with Crippen molar-refractivity contribution < 1.29 is 0 Å². The van der Waals surface area contributed by atoms with Crippen LogP contribution in [0.4, 0.5) is 0 Å². The molecule has 0 N–H and O–H groups in total. The molecule has 4 heteroatoms. The summed E-state index contributed by atoms with van der Waals surface area (Å²) in [6.07, 6.45) is 2.42. The third-order valence-corrected chi connectivity index (χ3v) is 7.78. The molecule has 0 saturated heterocycles. The van der Waals surface area contributed by atoms with Gasteiger partial charge in [0.1, 0.15) is 4.83 Å². The van der Waals surface area contributed by atoms with Gasteiger partial charge in [0.15, 0.2) is 0 Å². The summed E-state index contributed by atoms with van der Waals surface area (Å²) in [5.74, 6) is 0. The van der Waals surface area contributed by atoms with Gasteiger partial charge in [0.05, 0.1) is 18.3 Å². The third kappa shape index (κ3) is 1.16. The number of rotatable bonds is 1. The summed E-state index contributed by atoms with van der Waals surface area (Å²) in [5, 5.41) is 6.83. The molecule has 4 aromatic heterocycles. The fourth-order valence-corrected chi connectivity index (χ4v) is 6.71. The van der Waals surface area contributed by atoms with E-state index in [0.717, 1.165) is 0 Å². The molecule has 4 rings (SSSR count). The van der Waals surface area contributed by atoms with Crippen LogP contribution in [0.2, 0.25) is 19.6 Å². The van der Waals surface area contributed by atoms with E-state index in [1.807, 2.05) is 22.7 Å². The molecule has 0 aromatic carbocycles. The van der Waals surface area contributed by atoms with Crippen molar-refractivity contribution in [3.63, 3.8) is 0 Å². The first kappa shape index (κ1) is 11.0. The first-order valence-electron chi connectivity index (χ1n) is 6.21. The van der Waals surface area contributed by atoms with E-state index in [0.29, 0.717) is 0 Å². The van der Waals surface area contributed by atoms with Gasteiger partial charge in [-0.3, -0.25) is 0 Å². The van der Waals surface area contributed by atoms with E-state index < -0.39 is 8.07 Å². The highest BCUT2D eigenvalue weighted by Gasteiger charge is 2.27. The smallest absolute Gasteiger partial charge is 0.108 e. The predicted octanol–water partition coefficient (Wildman–Crippen LogP) is 4.66. The van der Waals surface area contributed by atoms with Crippen LogP contribution in [-0.2, 0) is 0 Å². The average Bonchev–Trinajstić information content (AvgIpc) is 2.91. The second-order valence-electron chi connectivity index (χ2n) is 6.01. The van der Waals surface area contributed by atoms with Gasteiger partial charge in [-0.15, -0.1) is 22.7 Å². The average molecular weight is 290 g/mol. The SMILES string of the molecule is Cc1sc2c3ccsc3n3cc([Si](C)(C)C)c1c23. The summed E-state index contributed by atoms with van der Waals surface area (Å²) < 4.78 is 3.94. The Kier molecular flexibility index (Phi) is 1.95. The van der Waals surface area contributed by atoms with Crippen LogP contribution in [0, 0.1) is 6.92 Å². The van der Waals surface area contributed by atoms with Crippen molar-refractivity contribution >= 4 is 61.8 Å². The van der Waals surface area contributed by atoms with E-state index in [1.165, 1.54) is 25.3 Å². The summed E-state index contributed by atoms with van der Waals surface area (Å²) >= 11 is 3.83. The minimum atomic E-state index is -1.27. The molecule has 0 aliphatic heterocycles. The highest BCUT2D eigenvalue weighted by atomic mass is 32.1. The van der Waals surface area contributed by atoms with Crippen molar-refractivity contribution in [2.45, 2.75) is 26.6 Å². The lowest BCUT2D eigenvalue weighted by Crippen LogP contribution is -2.37. The van der Waals surface area contributed by atoms with E-state index in [2.05, 4.69) is 48.6 Å². The molecule has 0 aliphatic rings. The molecule has 0 bridgehead atoms. The zero-order valence-electron chi connectivity index (χ0n) is 11.0. The molecule has 0 unspecified atom stereocenters. The summed E-state index contributed by atoms with van der Waals surface area (Å²) in [6.45, 7) is 9.61. The summed E-state index contributed by atoms with van der Waals surface area (Å²) in [6, 6.07) is 2.27. The van der Waals surface area contributed by atoms with E-state index in [9.17, 15) is 0 Å². The Labute approximate surface area is 115 Å². The number of aryl methyl sites for hydroxylation is 1. The van der Waals surface area contributed by atoms with Gasteiger partial charge >= 0.3 is 0 Å². The van der Waals surface area contributed by atoms with Gasteiger partial charge in [-0.1, -0.05) is 19.6 Å². The number of thiophene rings is 2. The Morgan fingerprint density at radius 3 is 2.72 bits per heavy atom. The van der Waals surface area contributed by atoms with Crippen LogP contribution in [-0.4, -0.2) is 12.5 Å². The minimum Gasteiger partial charge on any atom is -0.306 e. The van der Waals surface area contributed by atoms with Gasteiger partial charge in [-0.05, 0) is 23.6 Å². The number of fused-ring (bicyclic) bond motifs is 3. The fourth-order valence-electron chi connectivity index (χ4n) is 2.91. The maximum Gasteiger partial charge on any atom is 0.108 e. The lowest BCUT2D eigenvalue weighted by molar-refractivity contribution is 1.33. The summed E-state index contributed by atoms with van der Waals surface area (Å²) in [5.41, 5.74) is 1.48. The Hall–Kier alpha value is -0.843. The maximum atomic E-state index is 2.45. The first-order chi connectivity index (χ1) is 8.48. The number of hydrogen-bond acceptors (Lipinski definition) is 2. The van der Waals surface area contributed by atoms with Gasteiger partial charge in [-0.25, -0.2) is 0 Å². The van der Waals surface area contributed by atoms with Crippen molar-refractivity contribution in [3.05, 3.63) is 22.5 Å². The molecule has 18 heavy (non-hydrogen) atoms. The molecule has 0 aliphatic carbocycles. The molecular formula is C14H15NS2Si. The highest BCUT2D eigenvalue weighted by Crippen LogP contribution is 2.41. The number of nitrogens with zero attached hydrogens (tertiary/aromatic N) is 1. The largest absolute Gasteiger partial charge is 0.306 e. The third-order valence-electron chi connectivity index (χ3n) is 3.74. The molecule has 1 nitrogen and oxygen atoms in total. The second kappa shape index (κ2) is 3.18. The summed E-state index contributed by atoms with van der Waals surface area (Å²) in [7, 11) is -1.27. The number of hydrogen-bond donors (Lipinski definition) is 0. The lowest BCUT2D eigenvalue weighted by Gasteiger charge is -2.14. The molecule has 0 amide bonds. The lowest BCUT2D eigenvalue weighted by atomic mass is 10.3. The second-order valence-corrected chi connectivity index (χ2v) is 13.2. The van der Waals surface area contributed by atoms with Crippen LogP contribution in [0.25, 0.3) is 25.8 Å². The standard InChI is InChI=1S/C14H15NS2Si/c1-8-11-10(18(2,3)4)7-15-12(11)13(17-8)9-5-6-16-14(9)15/h5-7H,1-4H3. The zero-order chi connectivity index (χ0) is 12.7. The Morgan fingerprint density at radius 1 is 1.22 bits per heavy atom. The molecule has 4 aromatic rings. The first-order valence-corrected chi connectivity index (χ1v) is 11.4. The quantitative estimate of drug-likeness (QED) is 0.449. The van der Waals surface area contributed by atoms with Gasteiger partial charge in [0.2, 0.25) is 0 Å². The molecule has 0 spiro atoms. The van der Waals surface area contributed by atoms with Crippen molar-refractivity contribution in [2.75, 3.05) is 0 Å². The van der Waals surface area contributed by atoms with Crippen LogP contribution in [0.3, 0.4) is 0 Å². The Morgan fingerprint density at radius 2 is 2.00 bits per heavy atom. The van der Waals surface area contributed by atoms with Gasteiger partial charge in [0, 0.05) is 21.8 Å². The summed E-state index contributed by atoms with van der Waals surface area (Å²) in [4.78, 5) is 2.92. The van der Waals surface area contributed by atoms with Crippen molar-refractivity contribution in [1.82, 2.24) is 4.40 Å². The normalized spacial score (nSPS) is 13.6. The zero-order valence-corrected chi connectivity index (χ0v) is 13.6. The van der Waals surface area contributed by atoms with Gasteiger partial charge in [-0.2, -0.15) is 0 Å².